The standard InChI is InChI=1S/C12H13ClINO3S/c1-18-12(17)10(14)6-15-11(16)8-5-7(19-2)3-4-9(8)13/h3-5,10H,6H2,1-2H3,(H,15,16). The van der Waals surface area contributed by atoms with E-state index in [2.05, 4.69) is 10.1 Å². The number of benzene rings is 1. The first-order valence-electron chi connectivity index (χ1n) is 5.33. The van der Waals surface area contributed by atoms with Crippen LogP contribution in [-0.4, -0.2) is 35.7 Å². The van der Waals surface area contributed by atoms with E-state index in [1.807, 2.05) is 34.9 Å². The van der Waals surface area contributed by atoms with Gasteiger partial charge in [-0.2, -0.15) is 0 Å². The molecule has 4 nitrogen and oxygen atoms in total. The fourth-order valence-electron chi connectivity index (χ4n) is 1.29. The fraction of sp³-hybridized carbons (Fsp3) is 0.333. The molecular formula is C12H13ClINO3S. The number of carbonyl (C=O) groups is 2. The Morgan fingerprint density at radius 3 is 2.79 bits per heavy atom. The Hall–Kier alpha value is -0.470. The number of methoxy groups -OCH3 is 1. The average Bonchev–Trinajstić information content (AvgIpc) is 2.43. The lowest BCUT2D eigenvalue weighted by Gasteiger charge is -2.10. The SMILES string of the molecule is COC(=O)C(I)CNC(=O)c1cc(SC)ccc1Cl. The summed E-state index contributed by atoms with van der Waals surface area (Å²) < 4.78 is 4.16. The number of thioether (sulfide) groups is 1. The first kappa shape index (κ1) is 16.6. The highest BCUT2D eigenvalue weighted by atomic mass is 127. The maximum atomic E-state index is 12.0. The molecule has 19 heavy (non-hydrogen) atoms. The molecule has 1 N–H and O–H groups in total. The van der Waals surface area contributed by atoms with Crippen molar-refractivity contribution in [3.63, 3.8) is 0 Å². The average molecular weight is 414 g/mol. The molecule has 1 aromatic carbocycles. The number of amides is 1. The van der Waals surface area contributed by atoms with Gasteiger partial charge in [0.25, 0.3) is 5.91 Å². The number of halogens is 2. The molecule has 1 amide bonds. The van der Waals surface area contributed by atoms with Crippen LogP contribution >= 0.6 is 46.0 Å². The quantitative estimate of drug-likeness (QED) is 0.349. The van der Waals surface area contributed by atoms with Gasteiger partial charge in [-0.15, -0.1) is 11.8 Å². The van der Waals surface area contributed by atoms with E-state index < -0.39 is 3.92 Å². The topological polar surface area (TPSA) is 55.4 Å². The molecule has 0 spiro atoms. The summed E-state index contributed by atoms with van der Waals surface area (Å²) in [5.74, 6) is -0.670. The van der Waals surface area contributed by atoms with Crippen LogP contribution in [-0.2, 0) is 9.53 Å². The lowest BCUT2D eigenvalue weighted by atomic mass is 10.2. The summed E-state index contributed by atoms with van der Waals surface area (Å²) in [6.45, 7) is 0.200. The van der Waals surface area contributed by atoms with Crippen molar-refractivity contribution in [3.05, 3.63) is 28.8 Å². The van der Waals surface area contributed by atoms with Gasteiger partial charge in [-0.25, -0.2) is 0 Å². The summed E-state index contributed by atoms with van der Waals surface area (Å²) >= 11 is 9.43. The molecular weight excluding hydrogens is 401 g/mol. The third-order valence-corrected chi connectivity index (χ3v) is 4.32. The van der Waals surface area contributed by atoms with E-state index in [4.69, 9.17) is 11.6 Å². The number of rotatable bonds is 5. The minimum absolute atomic E-state index is 0.200. The van der Waals surface area contributed by atoms with Gasteiger partial charge in [0.2, 0.25) is 0 Å². The largest absolute Gasteiger partial charge is 0.468 e. The van der Waals surface area contributed by atoms with E-state index in [1.54, 1.807) is 12.1 Å². The summed E-state index contributed by atoms with van der Waals surface area (Å²) in [5, 5.41) is 3.05. The second kappa shape index (κ2) is 7.96. The van der Waals surface area contributed by atoms with Crippen LogP contribution in [0.2, 0.25) is 5.02 Å². The van der Waals surface area contributed by atoms with Crippen LogP contribution in [0.1, 0.15) is 10.4 Å². The predicted molar refractivity (Wildman–Crippen MR) is 85.4 cm³/mol. The highest BCUT2D eigenvalue weighted by Gasteiger charge is 2.17. The number of nitrogens with one attached hydrogen (secondary N) is 1. The molecule has 104 valence electrons. The van der Waals surface area contributed by atoms with Crippen molar-refractivity contribution in [2.24, 2.45) is 0 Å². The minimum atomic E-state index is -0.422. The lowest BCUT2D eigenvalue weighted by Crippen LogP contribution is -2.34. The van der Waals surface area contributed by atoms with Gasteiger partial charge in [-0.1, -0.05) is 34.2 Å². The van der Waals surface area contributed by atoms with E-state index >= 15 is 0 Å². The summed E-state index contributed by atoms with van der Waals surface area (Å²) in [6.07, 6.45) is 1.92. The minimum Gasteiger partial charge on any atom is -0.468 e. The van der Waals surface area contributed by atoms with Crippen LogP contribution in [0.5, 0.6) is 0 Å². The third-order valence-electron chi connectivity index (χ3n) is 2.32. The Morgan fingerprint density at radius 2 is 2.21 bits per heavy atom. The van der Waals surface area contributed by atoms with Crippen molar-refractivity contribution < 1.29 is 14.3 Å². The van der Waals surface area contributed by atoms with Crippen molar-refractivity contribution in [3.8, 4) is 0 Å². The second-order valence-corrected chi connectivity index (χ2v) is 6.34. The molecule has 1 aromatic rings. The molecule has 0 fully saturated rings. The van der Waals surface area contributed by atoms with E-state index in [9.17, 15) is 9.59 Å². The lowest BCUT2D eigenvalue weighted by molar-refractivity contribution is -0.139. The van der Waals surface area contributed by atoms with Crippen molar-refractivity contribution in [1.29, 1.82) is 0 Å². The molecule has 0 aliphatic rings. The van der Waals surface area contributed by atoms with E-state index in [0.717, 1.165) is 4.90 Å². The van der Waals surface area contributed by atoms with Crippen molar-refractivity contribution in [1.82, 2.24) is 5.32 Å². The molecule has 0 radical (unpaired) electrons. The highest BCUT2D eigenvalue weighted by Crippen LogP contribution is 2.22. The van der Waals surface area contributed by atoms with Gasteiger partial charge < -0.3 is 10.1 Å². The highest BCUT2D eigenvalue weighted by molar-refractivity contribution is 14.1. The van der Waals surface area contributed by atoms with Crippen LogP contribution in [0, 0.1) is 0 Å². The maximum absolute atomic E-state index is 12.0. The Bertz CT molecular complexity index is 484. The van der Waals surface area contributed by atoms with Gasteiger partial charge in [0.1, 0.15) is 3.92 Å². The van der Waals surface area contributed by atoms with Gasteiger partial charge in [0, 0.05) is 11.4 Å². The molecule has 1 rings (SSSR count). The van der Waals surface area contributed by atoms with Crippen LogP contribution in [0.15, 0.2) is 23.1 Å². The van der Waals surface area contributed by atoms with Gasteiger partial charge in [-0.05, 0) is 24.5 Å². The first-order chi connectivity index (χ1) is 8.99. The van der Waals surface area contributed by atoms with Gasteiger partial charge >= 0.3 is 5.97 Å². The molecule has 1 atom stereocenters. The zero-order valence-corrected chi connectivity index (χ0v) is 14.1. The normalized spacial score (nSPS) is 11.8. The Balaban J connectivity index is 2.70. The number of carbonyl (C=O) groups excluding carboxylic acids is 2. The third kappa shape index (κ3) is 4.85. The van der Waals surface area contributed by atoms with Crippen LogP contribution in [0.25, 0.3) is 0 Å². The molecule has 0 bridgehead atoms. The molecule has 0 saturated carbocycles. The number of hydrogen-bond donors (Lipinski definition) is 1. The Kier molecular flexibility index (Phi) is 6.95. The van der Waals surface area contributed by atoms with Crippen LogP contribution in [0.3, 0.4) is 0 Å². The summed E-state index contributed by atoms with van der Waals surface area (Å²) in [5.41, 5.74) is 0.405. The Morgan fingerprint density at radius 1 is 1.53 bits per heavy atom. The van der Waals surface area contributed by atoms with Gasteiger partial charge in [0.15, 0.2) is 0 Å². The van der Waals surface area contributed by atoms with Gasteiger partial charge in [0.05, 0.1) is 17.7 Å². The molecule has 0 aliphatic carbocycles. The fourth-order valence-corrected chi connectivity index (χ4v) is 2.41. The zero-order valence-electron chi connectivity index (χ0n) is 10.4. The van der Waals surface area contributed by atoms with Gasteiger partial charge in [-0.3, -0.25) is 9.59 Å². The second-order valence-electron chi connectivity index (χ2n) is 3.55. The maximum Gasteiger partial charge on any atom is 0.320 e. The number of alkyl halides is 1. The molecule has 7 heteroatoms. The first-order valence-corrected chi connectivity index (χ1v) is 8.18. The van der Waals surface area contributed by atoms with Crippen molar-refractivity contribution in [2.45, 2.75) is 8.82 Å². The number of hydrogen-bond acceptors (Lipinski definition) is 4. The summed E-state index contributed by atoms with van der Waals surface area (Å²) in [7, 11) is 1.31. The van der Waals surface area contributed by atoms with Crippen LogP contribution in [0.4, 0.5) is 0 Å². The number of ether oxygens (including phenoxy) is 1. The molecule has 0 aromatic heterocycles. The van der Waals surface area contributed by atoms with E-state index in [0.29, 0.717) is 10.6 Å². The van der Waals surface area contributed by atoms with Crippen LogP contribution < -0.4 is 5.32 Å². The van der Waals surface area contributed by atoms with Crippen molar-refractivity contribution in [2.75, 3.05) is 19.9 Å². The van der Waals surface area contributed by atoms with E-state index in [-0.39, 0.29) is 18.4 Å². The molecule has 0 heterocycles. The predicted octanol–water partition coefficient (Wildman–Crippen LogP) is 2.77. The van der Waals surface area contributed by atoms with E-state index in [1.165, 1.54) is 18.9 Å². The summed E-state index contributed by atoms with van der Waals surface area (Å²) in [4.78, 5) is 24.2. The smallest absolute Gasteiger partial charge is 0.320 e. The zero-order chi connectivity index (χ0) is 14.4. The Labute approximate surface area is 134 Å². The monoisotopic (exact) mass is 413 g/mol. The molecule has 0 saturated heterocycles. The molecule has 1 unspecified atom stereocenters. The number of esters is 1. The molecule has 0 aliphatic heterocycles. The summed E-state index contributed by atoms with van der Waals surface area (Å²) in [6, 6.07) is 5.26. The van der Waals surface area contributed by atoms with Crippen molar-refractivity contribution >= 4 is 57.8 Å².